The van der Waals surface area contributed by atoms with Crippen LogP contribution in [0.4, 0.5) is 0 Å². The molecule has 0 aromatic rings. The lowest BCUT2D eigenvalue weighted by atomic mass is 9.59. The van der Waals surface area contributed by atoms with Crippen molar-refractivity contribution in [2.45, 2.75) is 52.5 Å². The zero-order valence-corrected chi connectivity index (χ0v) is 16.3. The van der Waals surface area contributed by atoms with E-state index in [4.69, 9.17) is 0 Å². The van der Waals surface area contributed by atoms with Gasteiger partial charge < -0.3 is 10.6 Å². The highest BCUT2D eigenvalue weighted by Crippen LogP contribution is 2.82. The first-order valence-electron chi connectivity index (χ1n) is 10.9. The Balaban J connectivity index is 1.02. The van der Waals surface area contributed by atoms with Gasteiger partial charge in [-0.25, -0.2) is 0 Å². The lowest BCUT2D eigenvalue weighted by molar-refractivity contribution is 0.00991. The van der Waals surface area contributed by atoms with E-state index in [0.717, 1.165) is 61.2 Å². The molecule has 5 rings (SSSR count). The maximum atomic E-state index is 4.00. The molecule has 2 nitrogen and oxygen atoms in total. The van der Waals surface area contributed by atoms with Crippen LogP contribution in [0.3, 0.4) is 0 Å². The zero-order valence-electron chi connectivity index (χ0n) is 16.3. The normalized spacial score (nSPS) is 47.6. The summed E-state index contributed by atoms with van der Waals surface area (Å²) in [5, 5.41) is 7.62. The Kier molecular flexibility index (Phi) is 4.13. The Morgan fingerprint density at radius 3 is 2.40 bits per heavy atom. The molecule has 0 aliphatic heterocycles. The molecule has 2 N–H and O–H groups in total. The highest BCUT2D eigenvalue weighted by molar-refractivity contribution is 5.29. The molecule has 5 aliphatic rings. The quantitative estimate of drug-likeness (QED) is 0.490. The largest absolute Gasteiger partial charge is 0.312 e. The summed E-state index contributed by atoms with van der Waals surface area (Å²) in [6.07, 6.45) is 10.3. The van der Waals surface area contributed by atoms with Gasteiger partial charge in [-0.2, -0.15) is 0 Å². The molecule has 5 aliphatic carbocycles. The smallest absolute Gasteiger partial charge is 0.0137 e. The van der Waals surface area contributed by atoms with Crippen molar-refractivity contribution >= 4 is 0 Å². The summed E-state index contributed by atoms with van der Waals surface area (Å²) in [5.41, 5.74) is 2.95. The molecular formula is C23H36N2. The SMILES string of the molecule is CC(C)=CCC/C(C)=C/CNCCN[C@H]1[C@@H]2[C@H]3C[C@H]4[C@@H]2C[C@@H]2[C@@H]4[C@H]3[C@@H]21. The minimum Gasteiger partial charge on any atom is -0.312 e. The van der Waals surface area contributed by atoms with Crippen molar-refractivity contribution in [1.29, 1.82) is 0 Å². The van der Waals surface area contributed by atoms with Crippen molar-refractivity contribution in [2.24, 2.45) is 47.3 Å². The molecule has 138 valence electrons. The number of allylic oxidation sites excluding steroid dienone is 3. The van der Waals surface area contributed by atoms with Crippen LogP contribution in [0.15, 0.2) is 23.3 Å². The van der Waals surface area contributed by atoms with Crippen molar-refractivity contribution in [3.63, 3.8) is 0 Å². The lowest BCUT2D eigenvalue weighted by Gasteiger charge is -2.48. The van der Waals surface area contributed by atoms with Crippen LogP contribution in [0.1, 0.15) is 46.5 Å². The maximum absolute atomic E-state index is 4.00. The van der Waals surface area contributed by atoms with Gasteiger partial charge in [0, 0.05) is 25.7 Å². The predicted octanol–water partition coefficient (Wildman–Crippen LogP) is 4.00. The van der Waals surface area contributed by atoms with Crippen LogP contribution in [0.5, 0.6) is 0 Å². The third-order valence-electron chi connectivity index (χ3n) is 8.69. The second-order valence-corrected chi connectivity index (χ2v) is 9.99. The van der Waals surface area contributed by atoms with E-state index in [9.17, 15) is 0 Å². The molecule has 5 fully saturated rings. The Labute approximate surface area is 153 Å². The van der Waals surface area contributed by atoms with Crippen molar-refractivity contribution in [3.05, 3.63) is 23.3 Å². The molecule has 9 atom stereocenters. The fraction of sp³-hybridized carbons (Fsp3) is 0.826. The Morgan fingerprint density at radius 2 is 1.60 bits per heavy atom. The fourth-order valence-electron chi connectivity index (χ4n) is 8.11. The van der Waals surface area contributed by atoms with E-state index >= 15 is 0 Å². The monoisotopic (exact) mass is 340 g/mol. The number of fused-ring (bicyclic) bond motifs is 2. The molecule has 2 heteroatoms. The van der Waals surface area contributed by atoms with Gasteiger partial charge >= 0.3 is 0 Å². The number of hydrogen-bond acceptors (Lipinski definition) is 2. The van der Waals surface area contributed by atoms with Crippen molar-refractivity contribution in [2.75, 3.05) is 19.6 Å². The summed E-state index contributed by atoms with van der Waals surface area (Å²) in [7, 11) is 0. The van der Waals surface area contributed by atoms with Gasteiger partial charge in [0.15, 0.2) is 0 Å². The van der Waals surface area contributed by atoms with Gasteiger partial charge in [0.2, 0.25) is 0 Å². The van der Waals surface area contributed by atoms with E-state index in [0.29, 0.717) is 0 Å². The van der Waals surface area contributed by atoms with Crippen LogP contribution in [-0.2, 0) is 0 Å². The predicted molar refractivity (Wildman–Crippen MR) is 104 cm³/mol. The summed E-state index contributed by atoms with van der Waals surface area (Å²) in [4.78, 5) is 0. The minimum absolute atomic E-state index is 0.894. The molecule has 25 heavy (non-hydrogen) atoms. The van der Waals surface area contributed by atoms with Crippen LogP contribution in [0, 0.1) is 47.3 Å². The third kappa shape index (κ3) is 2.43. The maximum Gasteiger partial charge on any atom is 0.0137 e. The first kappa shape index (κ1) is 16.6. The van der Waals surface area contributed by atoms with Crippen molar-refractivity contribution in [1.82, 2.24) is 10.6 Å². The topological polar surface area (TPSA) is 24.1 Å². The van der Waals surface area contributed by atoms with E-state index in [2.05, 4.69) is 43.6 Å². The van der Waals surface area contributed by atoms with E-state index < -0.39 is 0 Å². The van der Waals surface area contributed by atoms with Gasteiger partial charge in [0.25, 0.3) is 0 Å². The molecule has 0 spiro atoms. The van der Waals surface area contributed by atoms with Crippen molar-refractivity contribution < 1.29 is 0 Å². The molecule has 0 saturated heterocycles. The molecule has 2 bridgehead atoms. The van der Waals surface area contributed by atoms with Gasteiger partial charge in [-0.3, -0.25) is 0 Å². The average molecular weight is 341 g/mol. The first-order valence-corrected chi connectivity index (χ1v) is 10.9. The van der Waals surface area contributed by atoms with Crippen LogP contribution < -0.4 is 10.6 Å². The standard InChI is InChI=1S/C23H36N2/c1-13(2)5-4-6-14(3)7-8-24-9-10-25-23-20-16-12-17-19-15(16)11-18(20)21(19)22(17)23/h5,7,15-25H,4,6,8-12H2,1-3H3/b14-7+/t15-,16-,17+,18+,19+,20-,21-,22+,23-/m0/s1. The second-order valence-electron chi connectivity index (χ2n) is 9.99. The molecular weight excluding hydrogens is 304 g/mol. The first-order chi connectivity index (χ1) is 12.2. The third-order valence-corrected chi connectivity index (χ3v) is 8.69. The molecule has 5 saturated carbocycles. The lowest BCUT2D eigenvalue weighted by Crippen LogP contribution is -2.52. The summed E-state index contributed by atoms with van der Waals surface area (Å²) < 4.78 is 0. The van der Waals surface area contributed by atoms with Crippen LogP contribution in [0.2, 0.25) is 0 Å². The Morgan fingerprint density at radius 1 is 0.840 bits per heavy atom. The summed E-state index contributed by atoms with van der Waals surface area (Å²) in [6, 6.07) is 0.894. The molecule has 0 radical (unpaired) electrons. The van der Waals surface area contributed by atoms with Gasteiger partial charge in [-0.15, -0.1) is 0 Å². The highest BCUT2D eigenvalue weighted by Gasteiger charge is 2.80. The van der Waals surface area contributed by atoms with Crippen LogP contribution in [0.25, 0.3) is 0 Å². The molecule has 0 unspecified atom stereocenters. The molecule has 0 heterocycles. The van der Waals surface area contributed by atoms with E-state index in [-0.39, 0.29) is 0 Å². The summed E-state index contributed by atoms with van der Waals surface area (Å²) in [6.45, 7) is 9.94. The number of hydrogen-bond donors (Lipinski definition) is 2. The highest BCUT2D eigenvalue weighted by atomic mass is 15.0. The molecule has 0 aromatic carbocycles. The van der Waals surface area contributed by atoms with Crippen molar-refractivity contribution in [3.8, 4) is 0 Å². The van der Waals surface area contributed by atoms with E-state index in [1.54, 1.807) is 12.8 Å². The second kappa shape index (κ2) is 6.23. The Hall–Kier alpha value is -0.600. The van der Waals surface area contributed by atoms with Gasteiger partial charge in [-0.1, -0.05) is 23.3 Å². The minimum atomic E-state index is 0.894. The summed E-state index contributed by atoms with van der Waals surface area (Å²) >= 11 is 0. The Bertz CT molecular complexity index is 581. The fourth-order valence-corrected chi connectivity index (χ4v) is 8.11. The van der Waals surface area contributed by atoms with Gasteiger partial charge in [-0.05, 0) is 93.8 Å². The van der Waals surface area contributed by atoms with Gasteiger partial charge in [0.1, 0.15) is 0 Å². The zero-order chi connectivity index (χ0) is 17.1. The summed E-state index contributed by atoms with van der Waals surface area (Å²) in [5.74, 6) is 9.10. The molecule has 0 aromatic heterocycles. The number of rotatable bonds is 9. The average Bonchev–Trinajstić information content (AvgIpc) is 3.10. The van der Waals surface area contributed by atoms with Crippen LogP contribution >= 0.6 is 0 Å². The molecule has 0 amide bonds. The van der Waals surface area contributed by atoms with E-state index in [1.807, 2.05) is 0 Å². The van der Waals surface area contributed by atoms with E-state index in [1.165, 1.54) is 35.8 Å². The van der Waals surface area contributed by atoms with Gasteiger partial charge in [0.05, 0.1) is 0 Å². The van der Waals surface area contributed by atoms with Crippen LogP contribution in [-0.4, -0.2) is 25.7 Å². The number of nitrogens with one attached hydrogen (secondary N) is 2.